The molecule has 1 aromatic heterocycles. The van der Waals surface area contributed by atoms with Gasteiger partial charge in [0.25, 0.3) is 5.91 Å². The van der Waals surface area contributed by atoms with Gasteiger partial charge in [0, 0.05) is 54.6 Å². The molecule has 0 aliphatic carbocycles. The Morgan fingerprint density at radius 3 is 2.27 bits per heavy atom. The van der Waals surface area contributed by atoms with Gasteiger partial charge >= 0.3 is 0 Å². The summed E-state index contributed by atoms with van der Waals surface area (Å²) in [6.07, 6.45) is 1.25. The van der Waals surface area contributed by atoms with Gasteiger partial charge in [0.05, 0.1) is 26.0 Å². The molecular weight excluding hydrogens is 470 g/mol. The Balaban J connectivity index is 1.24. The first-order valence-electron chi connectivity index (χ1n) is 11.9. The molecule has 3 N–H and O–H groups in total. The van der Waals surface area contributed by atoms with Gasteiger partial charge in [0.15, 0.2) is 5.76 Å². The van der Waals surface area contributed by atoms with Gasteiger partial charge in [0.1, 0.15) is 0 Å². The minimum atomic E-state index is -0.480. The number of ether oxygens (including phenoxy) is 1. The van der Waals surface area contributed by atoms with E-state index in [4.69, 9.17) is 9.15 Å². The highest BCUT2D eigenvalue weighted by atomic mass is 16.5. The second-order valence-electron chi connectivity index (χ2n) is 8.27. The Kier molecular flexibility index (Phi) is 8.98. The van der Waals surface area contributed by atoms with Crippen molar-refractivity contribution < 1.29 is 19.1 Å². The lowest BCUT2D eigenvalue weighted by Gasteiger charge is -2.26. The van der Waals surface area contributed by atoms with Crippen molar-refractivity contribution in [3.05, 3.63) is 93.5 Å². The molecule has 0 saturated carbocycles. The van der Waals surface area contributed by atoms with Gasteiger partial charge in [-0.2, -0.15) is 0 Å². The van der Waals surface area contributed by atoms with Gasteiger partial charge in [0.2, 0.25) is 11.2 Å². The Morgan fingerprint density at radius 2 is 1.59 bits per heavy atom. The minimum absolute atomic E-state index is 0.101. The average molecular weight is 498 g/mol. The third-order valence-electron chi connectivity index (χ3n) is 5.71. The van der Waals surface area contributed by atoms with Crippen LogP contribution in [0.15, 0.2) is 70.1 Å². The largest absolute Gasteiger partial charge is 0.502 e. The summed E-state index contributed by atoms with van der Waals surface area (Å²) in [7, 11) is 0. The van der Waals surface area contributed by atoms with E-state index in [1.54, 1.807) is 24.3 Å². The van der Waals surface area contributed by atoms with Crippen LogP contribution in [0.2, 0.25) is 0 Å². The zero-order valence-corrected chi connectivity index (χ0v) is 20.3. The van der Waals surface area contributed by atoms with E-state index in [9.17, 15) is 14.7 Å². The van der Waals surface area contributed by atoms with Crippen LogP contribution in [-0.4, -0.2) is 55.3 Å². The van der Waals surface area contributed by atoms with E-state index in [0.29, 0.717) is 12.1 Å². The van der Waals surface area contributed by atoms with E-state index in [1.165, 1.54) is 12.3 Å². The Labute approximate surface area is 215 Å². The van der Waals surface area contributed by atoms with Crippen LogP contribution in [0.1, 0.15) is 27.2 Å². The third-order valence-corrected chi connectivity index (χ3v) is 5.71. The predicted molar refractivity (Wildman–Crippen MR) is 140 cm³/mol. The van der Waals surface area contributed by atoms with Crippen molar-refractivity contribution in [3.63, 3.8) is 0 Å². The molecule has 2 aromatic carbocycles. The lowest BCUT2D eigenvalue weighted by Crippen LogP contribution is -2.41. The van der Waals surface area contributed by atoms with Gasteiger partial charge < -0.3 is 24.9 Å². The minimum Gasteiger partial charge on any atom is -0.502 e. The molecule has 188 valence electrons. The van der Waals surface area contributed by atoms with Gasteiger partial charge in [-0.1, -0.05) is 11.8 Å². The van der Waals surface area contributed by atoms with Crippen molar-refractivity contribution in [1.82, 2.24) is 10.2 Å². The number of rotatable bonds is 7. The summed E-state index contributed by atoms with van der Waals surface area (Å²) in [6.45, 7) is 4.88. The fourth-order valence-corrected chi connectivity index (χ4v) is 3.60. The second-order valence-corrected chi connectivity index (χ2v) is 8.27. The number of anilines is 1. The topological polar surface area (TPSA) is 104 Å². The summed E-state index contributed by atoms with van der Waals surface area (Å²) in [4.78, 5) is 26.1. The number of hydrogen-bond acceptors (Lipinski definition) is 7. The number of nitrogens with zero attached hydrogens (tertiary/aromatic N) is 1. The van der Waals surface area contributed by atoms with Crippen LogP contribution in [0.3, 0.4) is 0 Å². The number of amides is 1. The fourth-order valence-electron chi connectivity index (χ4n) is 3.60. The van der Waals surface area contributed by atoms with E-state index in [0.717, 1.165) is 49.7 Å². The first-order valence-corrected chi connectivity index (χ1v) is 11.9. The lowest BCUT2D eigenvalue weighted by molar-refractivity contribution is 0.0383. The fraction of sp³-hybridized carbons (Fsp3) is 0.241. The van der Waals surface area contributed by atoms with E-state index < -0.39 is 11.2 Å². The molecule has 8 nitrogen and oxygen atoms in total. The van der Waals surface area contributed by atoms with E-state index >= 15 is 0 Å². The molecule has 8 heteroatoms. The van der Waals surface area contributed by atoms with Gasteiger partial charge in [-0.3, -0.25) is 14.5 Å². The van der Waals surface area contributed by atoms with Crippen molar-refractivity contribution in [3.8, 4) is 29.4 Å². The molecule has 1 amide bonds. The van der Waals surface area contributed by atoms with Crippen LogP contribution in [0, 0.1) is 23.7 Å². The van der Waals surface area contributed by atoms with Crippen LogP contribution in [0.5, 0.6) is 5.75 Å². The van der Waals surface area contributed by atoms with Crippen molar-refractivity contribution in [2.75, 3.05) is 44.7 Å². The molecule has 1 aliphatic heterocycles. The standard InChI is InChI=1S/C29H27N3O5/c33-26-13-18-37-27(28(26)34)21-31-25-11-7-23(8-12-25)4-2-1-3-22-5-9-24(10-6-22)29(35)30-14-15-32-16-19-36-20-17-32/h5-13,18,31,34H,14-17,19-21H2,(H,30,35). The summed E-state index contributed by atoms with van der Waals surface area (Å²) < 4.78 is 10.5. The van der Waals surface area contributed by atoms with Gasteiger partial charge in [-0.25, -0.2) is 0 Å². The number of hydrogen-bond donors (Lipinski definition) is 3. The highest BCUT2D eigenvalue weighted by Crippen LogP contribution is 2.14. The van der Waals surface area contributed by atoms with Crippen molar-refractivity contribution in [2.45, 2.75) is 6.54 Å². The van der Waals surface area contributed by atoms with E-state index in [-0.39, 0.29) is 18.2 Å². The molecule has 3 aromatic rings. The maximum atomic E-state index is 12.3. The zero-order chi connectivity index (χ0) is 25.9. The van der Waals surface area contributed by atoms with Crippen LogP contribution in [0.25, 0.3) is 0 Å². The van der Waals surface area contributed by atoms with Crippen LogP contribution in [-0.2, 0) is 11.3 Å². The molecule has 1 fully saturated rings. The number of carbonyl (C=O) groups is 1. The predicted octanol–water partition coefficient (Wildman–Crippen LogP) is 2.42. The Hall–Kier alpha value is -4.50. The number of morpholine rings is 1. The SMILES string of the molecule is O=C(NCCN1CCOCC1)c1ccc(C#CC#Cc2ccc(NCc3occc(=O)c3O)cc2)cc1. The molecule has 0 unspecified atom stereocenters. The van der Waals surface area contributed by atoms with Crippen molar-refractivity contribution in [2.24, 2.45) is 0 Å². The van der Waals surface area contributed by atoms with E-state index in [1.807, 2.05) is 24.3 Å². The molecule has 4 rings (SSSR count). The third kappa shape index (κ3) is 7.74. The molecule has 0 atom stereocenters. The molecule has 0 spiro atoms. The van der Waals surface area contributed by atoms with Crippen molar-refractivity contribution >= 4 is 11.6 Å². The molecule has 37 heavy (non-hydrogen) atoms. The molecule has 0 radical (unpaired) electrons. The maximum Gasteiger partial charge on any atom is 0.251 e. The summed E-state index contributed by atoms with van der Waals surface area (Å²) in [5.41, 5.74) is 2.46. The normalized spacial score (nSPS) is 13.0. The summed E-state index contributed by atoms with van der Waals surface area (Å²) in [5, 5.41) is 15.8. The number of carbonyl (C=O) groups excluding carboxylic acids is 1. The summed E-state index contributed by atoms with van der Waals surface area (Å²) in [5.74, 6) is 11.3. The first kappa shape index (κ1) is 25.6. The quantitative estimate of drug-likeness (QED) is 0.431. The Bertz CT molecular complexity index is 1380. The van der Waals surface area contributed by atoms with E-state index in [2.05, 4.69) is 39.2 Å². The first-order chi connectivity index (χ1) is 18.1. The monoisotopic (exact) mass is 497 g/mol. The molecular formula is C29H27N3O5. The zero-order valence-electron chi connectivity index (χ0n) is 20.3. The average Bonchev–Trinajstić information content (AvgIpc) is 2.93. The smallest absolute Gasteiger partial charge is 0.251 e. The highest BCUT2D eigenvalue weighted by molar-refractivity contribution is 5.94. The second kappa shape index (κ2) is 13.0. The van der Waals surface area contributed by atoms with Crippen LogP contribution < -0.4 is 16.1 Å². The summed E-state index contributed by atoms with van der Waals surface area (Å²) in [6, 6.07) is 15.6. The summed E-state index contributed by atoms with van der Waals surface area (Å²) >= 11 is 0. The molecule has 0 bridgehead atoms. The van der Waals surface area contributed by atoms with Gasteiger partial charge in [-0.05, 0) is 60.4 Å². The number of nitrogens with one attached hydrogen (secondary N) is 2. The molecule has 1 saturated heterocycles. The number of aromatic hydroxyl groups is 1. The highest BCUT2D eigenvalue weighted by Gasteiger charge is 2.11. The lowest BCUT2D eigenvalue weighted by atomic mass is 10.1. The Morgan fingerprint density at radius 1 is 0.946 bits per heavy atom. The number of benzene rings is 2. The van der Waals surface area contributed by atoms with Crippen LogP contribution in [0.4, 0.5) is 5.69 Å². The molecule has 2 heterocycles. The van der Waals surface area contributed by atoms with Gasteiger partial charge in [-0.15, -0.1) is 0 Å². The molecule has 1 aliphatic rings. The van der Waals surface area contributed by atoms with Crippen molar-refractivity contribution in [1.29, 1.82) is 0 Å². The maximum absolute atomic E-state index is 12.3. The van der Waals surface area contributed by atoms with Crippen LogP contribution >= 0.6 is 0 Å².